The average Bonchev–Trinajstić information content (AvgIpc) is 2.28. The minimum absolute atomic E-state index is 0.00977. The summed E-state index contributed by atoms with van der Waals surface area (Å²) in [5.74, 6) is 0.219. The lowest BCUT2D eigenvalue weighted by molar-refractivity contribution is -0.385. The Balaban J connectivity index is 3.22. The monoisotopic (exact) mass is 255 g/mol. The fraction of sp³-hybridized carbons (Fsp3) is 0.600. The van der Waals surface area contributed by atoms with Gasteiger partial charge in [-0.2, -0.15) is 4.98 Å². The maximum atomic E-state index is 11.1. The Hall–Kier alpha value is -1.96. The van der Waals surface area contributed by atoms with Gasteiger partial charge in [-0.25, -0.2) is 4.98 Å². The summed E-state index contributed by atoms with van der Waals surface area (Å²) < 4.78 is 0. The second-order valence-corrected chi connectivity index (χ2v) is 3.75. The van der Waals surface area contributed by atoms with E-state index in [1.807, 2.05) is 6.92 Å². The highest BCUT2D eigenvalue weighted by atomic mass is 16.6. The fourth-order valence-corrected chi connectivity index (χ4v) is 1.68. The molecule has 0 saturated heterocycles. The first-order valence-electron chi connectivity index (χ1n) is 5.65. The molecule has 3 N–H and O–H groups in total. The van der Waals surface area contributed by atoms with Crippen molar-refractivity contribution >= 4 is 17.5 Å². The normalized spacial score (nSPS) is 10.4. The van der Waals surface area contributed by atoms with Gasteiger partial charge in [-0.1, -0.05) is 0 Å². The molecule has 0 aliphatic rings. The zero-order chi connectivity index (χ0) is 13.7. The molecule has 0 aromatic carbocycles. The highest BCUT2D eigenvalue weighted by molar-refractivity contribution is 5.61. The van der Waals surface area contributed by atoms with Gasteiger partial charge in [0.25, 0.3) is 0 Å². The van der Waals surface area contributed by atoms with Gasteiger partial charge in [-0.3, -0.25) is 10.1 Å². The molecule has 0 aliphatic heterocycles. The summed E-state index contributed by atoms with van der Waals surface area (Å²) in [7, 11) is 0. The van der Waals surface area contributed by atoms with Crippen LogP contribution in [0.15, 0.2) is 0 Å². The standard InChI is InChI=1S/C10H17N5O3/c1-3-14(5-4-6-16)9-8(15(17)18)7(2)12-10(11)13-9/h16H,3-6H2,1-2H3,(H2,11,12,13). The van der Waals surface area contributed by atoms with Crippen LogP contribution in [-0.2, 0) is 0 Å². The van der Waals surface area contributed by atoms with Crippen molar-refractivity contribution in [1.82, 2.24) is 9.97 Å². The van der Waals surface area contributed by atoms with Crippen LogP contribution < -0.4 is 10.6 Å². The van der Waals surface area contributed by atoms with E-state index in [1.54, 1.807) is 4.90 Å². The molecule has 0 amide bonds. The number of nitro groups is 1. The van der Waals surface area contributed by atoms with E-state index in [4.69, 9.17) is 10.8 Å². The van der Waals surface area contributed by atoms with Crippen LogP contribution in [0.5, 0.6) is 0 Å². The number of rotatable bonds is 6. The highest BCUT2D eigenvalue weighted by Gasteiger charge is 2.25. The predicted octanol–water partition coefficient (Wildman–Crippen LogP) is 0.484. The summed E-state index contributed by atoms with van der Waals surface area (Å²) in [5, 5.41) is 19.9. The van der Waals surface area contributed by atoms with Gasteiger partial charge in [0.15, 0.2) is 0 Å². The minimum atomic E-state index is -0.508. The molecule has 8 nitrogen and oxygen atoms in total. The van der Waals surface area contributed by atoms with Crippen molar-refractivity contribution in [1.29, 1.82) is 0 Å². The summed E-state index contributed by atoms with van der Waals surface area (Å²) in [6.45, 7) is 4.42. The molecule has 1 aromatic rings. The summed E-state index contributed by atoms with van der Waals surface area (Å²) >= 11 is 0. The molecule has 1 heterocycles. The third-order valence-corrected chi connectivity index (χ3v) is 2.51. The van der Waals surface area contributed by atoms with Crippen molar-refractivity contribution in [3.05, 3.63) is 15.8 Å². The van der Waals surface area contributed by atoms with Gasteiger partial charge in [0.2, 0.25) is 11.8 Å². The van der Waals surface area contributed by atoms with Gasteiger partial charge in [0, 0.05) is 19.7 Å². The van der Waals surface area contributed by atoms with Crippen molar-refractivity contribution in [3.8, 4) is 0 Å². The first-order chi connectivity index (χ1) is 8.51. The molecule has 0 bridgehead atoms. The van der Waals surface area contributed by atoms with Crippen LogP contribution in [0.3, 0.4) is 0 Å². The maximum Gasteiger partial charge on any atom is 0.332 e. The molecule has 8 heteroatoms. The van der Waals surface area contributed by atoms with Crippen molar-refractivity contribution in [2.75, 3.05) is 30.3 Å². The molecular weight excluding hydrogens is 238 g/mol. The Morgan fingerprint density at radius 1 is 1.50 bits per heavy atom. The molecule has 0 atom stereocenters. The molecule has 100 valence electrons. The van der Waals surface area contributed by atoms with Crippen LogP contribution in [0, 0.1) is 17.0 Å². The highest BCUT2D eigenvalue weighted by Crippen LogP contribution is 2.29. The van der Waals surface area contributed by atoms with Crippen LogP contribution in [0.1, 0.15) is 19.0 Å². The zero-order valence-electron chi connectivity index (χ0n) is 10.5. The van der Waals surface area contributed by atoms with Crippen molar-refractivity contribution in [2.24, 2.45) is 0 Å². The number of nitrogens with zero attached hydrogens (tertiary/aromatic N) is 4. The van der Waals surface area contributed by atoms with Crippen LogP contribution in [-0.4, -0.2) is 39.7 Å². The SMILES string of the molecule is CCN(CCCO)c1nc(N)nc(C)c1[N+](=O)[O-]. The molecule has 0 aliphatic carbocycles. The average molecular weight is 255 g/mol. The Bertz CT molecular complexity index is 438. The van der Waals surface area contributed by atoms with Crippen molar-refractivity contribution in [2.45, 2.75) is 20.3 Å². The number of nitrogens with two attached hydrogens (primary N) is 1. The molecule has 1 aromatic heterocycles. The Kier molecular flexibility index (Phi) is 4.78. The van der Waals surface area contributed by atoms with Gasteiger partial charge < -0.3 is 15.7 Å². The molecular formula is C10H17N5O3. The van der Waals surface area contributed by atoms with E-state index in [0.717, 1.165) is 0 Å². The van der Waals surface area contributed by atoms with E-state index in [9.17, 15) is 10.1 Å². The van der Waals surface area contributed by atoms with Gasteiger partial charge in [0.1, 0.15) is 5.69 Å². The molecule has 0 unspecified atom stereocenters. The molecule has 0 fully saturated rings. The largest absolute Gasteiger partial charge is 0.396 e. The topological polar surface area (TPSA) is 118 Å². The van der Waals surface area contributed by atoms with Crippen LogP contribution in [0.2, 0.25) is 0 Å². The van der Waals surface area contributed by atoms with E-state index in [1.165, 1.54) is 6.92 Å². The van der Waals surface area contributed by atoms with Gasteiger partial charge in [-0.15, -0.1) is 0 Å². The van der Waals surface area contributed by atoms with Crippen LogP contribution in [0.25, 0.3) is 0 Å². The molecule has 18 heavy (non-hydrogen) atoms. The van der Waals surface area contributed by atoms with Crippen molar-refractivity contribution in [3.63, 3.8) is 0 Å². The van der Waals surface area contributed by atoms with Crippen LogP contribution in [0.4, 0.5) is 17.5 Å². The fourth-order valence-electron chi connectivity index (χ4n) is 1.68. The van der Waals surface area contributed by atoms with Gasteiger partial charge >= 0.3 is 5.69 Å². The van der Waals surface area contributed by atoms with E-state index < -0.39 is 4.92 Å². The lowest BCUT2D eigenvalue weighted by atomic mass is 10.3. The predicted molar refractivity (Wildman–Crippen MR) is 67.4 cm³/mol. The smallest absolute Gasteiger partial charge is 0.332 e. The van der Waals surface area contributed by atoms with Gasteiger partial charge in [0.05, 0.1) is 4.92 Å². The molecule has 1 rings (SSSR count). The summed E-state index contributed by atoms with van der Waals surface area (Å²) in [6.07, 6.45) is 0.508. The summed E-state index contributed by atoms with van der Waals surface area (Å²) in [5.41, 5.74) is 5.63. The summed E-state index contributed by atoms with van der Waals surface area (Å²) in [6, 6.07) is 0. The number of aromatic nitrogens is 2. The zero-order valence-corrected chi connectivity index (χ0v) is 10.5. The second kappa shape index (κ2) is 6.10. The Labute approximate surface area is 105 Å². The maximum absolute atomic E-state index is 11.1. The van der Waals surface area contributed by atoms with Gasteiger partial charge in [-0.05, 0) is 20.3 Å². The number of hydrogen-bond donors (Lipinski definition) is 2. The number of aliphatic hydroxyl groups excluding tert-OH is 1. The molecule has 0 radical (unpaired) electrons. The minimum Gasteiger partial charge on any atom is -0.396 e. The second-order valence-electron chi connectivity index (χ2n) is 3.75. The number of aryl methyl sites for hydroxylation is 1. The lowest BCUT2D eigenvalue weighted by Gasteiger charge is -2.21. The summed E-state index contributed by atoms with van der Waals surface area (Å²) in [4.78, 5) is 20.0. The number of nitrogen functional groups attached to an aromatic ring is 1. The van der Waals surface area contributed by atoms with Crippen molar-refractivity contribution < 1.29 is 10.0 Å². The number of hydrogen-bond acceptors (Lipinski definition) is 7. The Morgan fingerprint density at radius 2 is 2.17 bits per heavy atom. The Morgan fingerprint density at radius 3 is 2.67 bits per heavy atom. The van der Waals surface area contributed by atoms with E-state index >= 15 is 0 Å². The number of anilines is 2. The quantitative estimate of drug-likeness (QED) is 0.560. The number of aliphatic hydroxyl groups is 1. The van der Waals surface area contributed by atoms with E-state index in [-0.39, 0.29) is 29.8 Å². The first kappa shape index (κ1) is 14.1. The molecule has 0 spiro atoms. The third kappa shape index (κ3) is 3.04. The molecule has 0 saturated carbocycles. The van der Waals surface area contributed by atoms with E-state index in [0.29, 0.717) is 19.5 Å². The third-order valence-electron chi connectivity index (χ3n) is 2.51. The van der Waals surface area contributed by atoms with E-state index in [2.05, 4.69) is 9.97 Å². The van der Waals surface area contributed by atoms with Crippen LogP contribution >= 0.6 is 0 Å². The first-order valence-corrected chi connectivity index (χ1v) is 5.65. The lowest BCUT2D eigenvalue weighted by Crippen LogP contribution is -2.27.